The van der Waals surface area contributed by atoms with Gasteiger partial charge in [0.15, 0.2) is 11.5 Å². The minimum Gasteiger partial charge on any atom is -0.504 e. The third-order valence-electron chi connectivity index (χ3n) is 6.44. The smallest absolute Gasteiger partial charge is 0.416 e. The number of alkyl halides is 3. The van der Waals surface area contributed by atoms with Crippen LogP contribution < -0.4 is 10.1 Å². The number of halogens is 3. The van der Waals surface area contributed by atoms with Crippen LogP contribution in [0.25, 0.3) is 0 Å². The van der Waals surface area contributed by atoms with Crippen LogP contribution in [-0.4, -0.2) is 60.3 Å². The predicted octanol–water partition coefficient (Wildman–Crippen LogP) is 4.02. The molecule has 6 nitrogen and oxygen atoms in total. The van der Waals surface area contributed by atoms with Gasteiger partial charge in [-0.1, -0.05) is 18.2 Å². The van der Waals surface area contributed by atoms with Crippen molar-refractivity contribution in [2.75, 3.05) is 33.9 Å². The standard InChI is InChI=1S/C25H32F3N3O3/c1-4-30(17-29-2)23(33)24(15-18-6-9-20(10-7-18)25(26,27)28)12-5-13-31(24)16-19-8-11-21(32)22(14-19)34-3/h6-11,14,29,32H,4-5,12-13,15-17H2,1-3H3. The summed E-state index contributed by atoms with van der Waals surface area (Å²) >= 11 is 0. The number of ether oxygens (including phenoxy) is 1. The maximum Gasteiger partial charge on any atom is 0.416 e. The fraction of sp³-hybridized carbons (Fsp3) is 0.480. The number of hydrogen-bond donors (Lipinski definition) is 2. The molecule has 0 spiro atoms. The largest absolute Gasteiger partial charge is 0.504 e. The molecule has 186 valence electrons. The van der Waals surface area contributed by atoms with Crippen molar-refractivity contribution in [3.05, 3.63) is 59.2 Å². The average molecular weight is 480 g/mol. The van der Waals surface area contributed by atoms with Gasteiger partial charge >= 0.3 is 6.18 Å². The Hall–Kier alpha value is -2.78. The van der Waals surface area contributed by atoms with E-state index in [-0.39, 0.29) is 11.7 Å². The van der Waals surface area contributed by atoms with Crippen LogP contribution in [0.1, 0.15) is 36.5 Å². The molecule has 1 aliphatic heterocycles. The number of likely N-dealkylation sites (tertiary alicyclic amines) is 1. The van der Waals surface area contributed by atoms with Gasteiger partial charge in [0.1, 0.15) is 5.54 Å². The van der Waals surface area contributed by atoms with E-state index in [1.165, 1.54) is 19.2 Å². The summed E-state index contributed by atoms with van der Waals surface area (Å²) in [6, 6.07) is 10.2. The van der Waals surface area contributed by atoms with Gasteiger partial charge in [-0.3, -0.25) is 9.69 Å². The van der Waals surface area contributed by atoms with Crippen molar-refractivity contribution < 1.29 is 27.8 Å². The molecule has 1 fully saturated rings. The van der Waals surface area contributed by atoms with E-state index < -0.39 is 17.3 Å². The van der Waals surface area contributed by atoms with Crippen molar-refractivity contribution >= 4 is 5.91 Å². The summed E-state index contributed by atoms with van der Waals surface area (Å²) in [6.45, 7) is 3.91. The van der Waals surface area contributed by atoms with Crippen molar-refractivity contribution in [2.45, 2.75) is 44.4 Å². The number of nitrogens with one attached hydrogen (secondary N) is 1. The lowest BCUT2D eigenvalue weighted by Crippen LogP contribution is -2.58. The summed E-state index contributed by atoms with van der Waals surface area (Å²) in [5.74, 6) is 0.333. The number of methoxy groups -OCH3 is 1. The van der Waals surface area contributed by atoms with Gasteiger partial charge in [-0.2, -0.15) is 13.2 Å². The Bertz CT molecular complexity index is 982. The fourth-order valence-corrected chi connectivity index (χ4v) is 4.69. The zero-order chi connectivity index (χ0) is 24.9. The Kier molecular flexibility index (Phi) is 8.09. The van der Waals surface area contributed by atoms with E-state index in [2.05, 4.69) is 10.2 Å². The lowest BCUT2D eigenvalue weighted by molar-refractivity contribution is -0.143. The Morgan fingerprint density at radius 2 is 1.88 bits per heavy atom. The number of benzene rings is 2. The van der Waals surface area contributed by atoms with E-state index in [1.807, 2.05) is 6.92 Å². The van der Waals surface area contributed by atoms with E-state index in [0.717, 1.165) is 24.1 Å². The molecule has 2 aromatic carbocycles. The summed E-state index contributed by atoms with van der Waals surface area (Å²) in [7, 11) is 3.25. The van der Waals surface area contributed by atoms with Crippen LogP contribution in [0.4, 0.5) is 13.2 Å². The molecule has 1 heterocycles. The van der Waals surface area contributed by atoms with Crippen LogP contribution >= 0.6 is 0 Å². The summed E-state index contributed by atoms with van der Waals surface area (Å²) < 4.78 is 44.4. The van der Waals surface area contributed by atoms with Crippen molar-refractivity contribution in [1.29, 1.82) is 0 Å². The monoisotopic (exact) mass is 479 g/mol. The highest BCUT2D eigenvalue weighted by atomic mass is 19.4. The van der Waals surface area contributed by atoms with Crippen LogP contribution in [-0.2, 0) is 23.9 Å². The predicted molar refractivity (Wildman–Crippen MR) is 123 cm³/mol. The molecule has 0 saturated carbocycles. The second-order valence-electron chi connectivity index (χ2n) is 8.61. The van der Waals surface area contributed by atoms with Crippen LogP contribution in [0.5, 0.6) is 11.5 Å². The molecule has 1 aliphatic rings. The fourth-order valence-electron chi connectivity index (χ4n) is 4.69. The summed E-state index contributed by atoms with van der Waals surface area (Å²) in [5.41, 5.74) is -0.0473. The molecular weight excluding hydrogens is 447 g/mol. The van der Waals surface area contributed by atoms with Gasteiger partial charge < -0.3 is 20.1 Å². The number of amides is 1. The van der Waals surface area contributed by atoms with E-state index >= 15 is 0 Å². The molecule has 1 atom stereocenters. The van der Waals surface area contributed by atoms with Gasteiger partial charge in [0.2, 0.25) is 5.91 Å². The number of phenolic OH excluding ortho intramolecular Hbond substituents is 1. The van der Waals surface area contributed by atoms with Crippen LogP contribution in [0.3, 0.4) is 0 Å². The van der Waals surface area contributed by atoms with Crippen LogP contribution in [0.15, 0.2) is 42.5 Å². The first-order chi connectivity index (χ1) is 16.1. The molecule has 2 aromatic rings. The molecular formula is C25H32F3N3O3. The molecule has 2 N–H and O–H groups in total. The Morgan fingerprint density at radius 3 is 2.47 bits per heavy atom. The van der Waals surface area contributed by atoms with E-state index in [1.54, 1.807) is 30.1 Å². The highest BCUT2D eigenvalue weighted by Gasteiger charge is 2.49. The van der Waals surface area contributed by atoms with Crippen molar-refractivity contribution in [1.82, 2.24) is 15.1 Å². The van der Waals surface area contributed by atoms with Gasteiger partial charge in [-0.05, 0) is 75.2 Å². The normalized spacial score (nSPS) is 18.8. The first-order valence-electron chi connectivity index (χ1n) is 11.4. The number of carbonyl (C=O) groups is 1. The minimum absolute atomic E-state index is 0.0333. The number of likely N-dealkylation sites (N-methyl/N-ethyl adjacent to an activating group) is 1. The summed E-state index contributed by atoms with van der Waals surface area (Å²) in [4.78, 5) is 17.7. The zero-order valence-corrected chi connectivity index (χ0v) is 19.8. The molecule has 0 bridgehead atoms. The maximum atomic E-state index is 13.9. The minimum atomic E-state index is -4.41. The quantitative estimate of drug-likeness (QED) is 0.532. The number of carbonyl (C=O) groups excluding carboxylic acids is 1. The third-order valence-corrected chi connectivity index (χ3v) is 6.44. The second-order valence-corrected chi connectivity index (χ2v) is 8.61. The topological polar surface area (TPSA) is 65.0 Å². The van der Waals surface area contributed by atoms with Gasteiger partial charge in [0.05, 0.1) is 19.3 Å². The summed E-state index contributed by atoms with van der Waals surface area (Å²) in [6.07, 6.45) is -2.71. The third kappa shape index (κ3) is 5.47. The first-order valence-corrected chi connectivity index (χ1v) is 11.4. The Balaban J connectivity index is 1.97. The first kappa shape index (κ1) is 25.8. The average Bonchev–Trinajstić information content (AvgIpc) is 3.20. The van der Waals surface area contributed by atoms with Crippen molar-refractivity contribution in [3.63, 3.8) is 0 Å². The molecule has 34 heavy (non-hydrogen) atoms. The van der Waals surface area contributed by atoms with Crippen LogP contribution in [0.2, 0.25) is 0 Å². The summed E-state index contributed by atoms with van der Waals surface area (Å²) in [5, 5.41) is 13.0. The van der Waals surface area contributed by atoms with E-state index in [4.69, 9.17) is 4.74 Å². The number of rotatable bonds is 9. The van der Waals surface area contributed by atoms with Gasteiger partial charge in [-0.15, -0.1) is 0 Å². The molecule has 0 aromatic heterocycles. The lowest BCUT2D eigenvalue weighted by atomic mass is 9.85. The van der Waals surface area contributed by atoms with E-state index in [0.29, 0.717) is 50.5 Å². The second kappa shape index (κ2) is 10.7. The van der Waals surface area contributed by atoms with Crippen molar-refractivity contribution in [2.24, 2.45) is 0 Å². The molecule has 0 radical (unpaired) electrons. The molecule has 1 unspecified atom stereocenters. The highest BCUT2D eigenvalue weighted by molar-refractivity contribution is 5.87. The Morgan fingerprint density at radius 1 is 1.21 bits per heavy atom. The number of nitrogens with zero attached hydrogens (tertiary/aromatic N) is 2. The van der Waals surface area contributed by atoms with Gasteiger partial charge in [0, 0.05) is 13.1 Å². The molecule has 9 heteroatoms. The SMILES string of the molecule is CCN(CNC)C(=O)C1(Cc2ccc(C(F)(F)F)cc2)CCCN1Cc1ccc(O)c(OC)c1. The molecule has 1 saturated heterocycles. The van der Waals surface area contributed by atoms with Gasteiger partial charge in [0.25, 0.3) is 0 Å². The highest BCUT2D eigenvalue weighted by Crippen LogP contribution is 2.38. The lowest BCUT2D eigenvalue weighted by Gasteiger charge is -2.41. The molecule has 3 rings (SSSR count). The van der Waals surface area contributed by atoms with Crippen LogP contribution in [0, 0.1) is 0 Å². The Labute approximate surface area is 198 Å². The number of hydrogen-bond acceptors (Lipinski definition) is 5. The number of phenols is 1. The van der Waals surface area contributed by atoms with Crippen molar-refractivity contribution in [3.8, 4) is 11.5 Å². The van der Waals surface area contributed by atoms with Gasteiger partial charge in [-0.25, -0.2) is 0 Å². The molecule has 1 amide bonds. The zero-order valence-electron chi connectivity index (χ0n) is 19.8. The maximum absolute atomic E-state index is 13.9. The molecule has 0 aliphatic carbocycles. The van der Waals surface area contributed by atoms with E-state index in [9.17, 15) is 23.1 Å². The number of aromatic hydroxyl groups is 1.